The van der Waals surface area contributed by atoms with Crippen molar-refractivity contribution < 1.29 is 0 Å². The number of nitrogens with one attached hydrogen (secondary N) is 2. The van der Waals surface area contributed by atoms with Gasteiger partial charge in [-0.3, -0.25) is 10.9 Å². The molecule has 2 aliphatic heterocycles. The molecule has 2 aliphatic rings. The van der Waals surface area contributed by atoms with Crippen molar-refractivity contribution in [2.24, 2.45) is 0 Å². The Labute approximate surface area is 140 Å². The van der Waals surface area contributed by atoms with Crippen molar-refractivity contribution in [3.8, 4) is 11.3 Å². The topological polar surface area (TPSA) is 58.0 Å². The van der Waals surface area contributed by atoms with Gasteiger partial charge in [-0.05, 0) is 37.6 Å². The van der Waals surface area contributed by atoms with Crippen LogP contribution in [0.2, 0.25) is 0 Å². The SMILES string of the molecule is CC1CC(CN2CCC(n3cc(-c4ccsc4)nn3)CC2)NN1. The molecule has 0 amide bonds. The van der Waals surface area contributed by atoms with E-state index in [0.717, 1.165) is 38.2 Å². The highest BCUT2D eigenvalue weighted by Gasteiger charge is 2.26. The largest absolute Gasteiger partial charge is 0.302 e. The zero-order chi connectivity index (χ0) is 15.6. The van der Waals surface area contributed by atoms with Crippen molar-refractivity contribution in [2.75, 3.05) is 19.6 Å². The molecule has 0 saturated carbocycles. The van der Waals surface area contributed by atoms with E-state index in [1.165, 1.54) is 12.0 Å². The molecule has 4 heterocycles. The summed E-state index contributed by atoms with van der Waals surface area (Å²) in [6, 6.07) is 3.76. The molecule has 124 valence electrons. The molecule has 2 unspecified atom stereocenters. The third kappa shape index (κ3) is 3.47. The van der Waals surface area contributed by atoms with Gasteiger partial charge in [0.25, 0.3) is 0 Å². The Bertz CT molecular complexity index is 616. The van der Waals surface area contributed by atoms with Crippen LogP contribution in [-0.4, -0.2) is 51.6 Å². The first kappa shape index (κ1) is 15.3. The predicted molar refractivity (Wildman–Crippen MR) is 92.2 cm³/mol. The summed E-state index contributed by atoms with van der Waals surface area (Å²) in [5, 5.41) is 12.9. The van der Waals surface area contributed by atoms with Gasteiger partial charge in [0.15, 0.2) is 0 Å². The zero-order valence-corrected chi connectivity index (χ0v) is 14.3. The number of rotatable bonds is 4. The minimum Gasteiger partial charge on any atom is -0.302 e. The van der Waals surface area contributed by atoms with Crippen LogP contribution in [0.4, 0.5) is 0 Å². The number of hydrazine groups is 1. The van der Waals surface area contributed by atoms with Gasteiger partial charge in [0.2, 0.25) is 0 Å². The van der Waals surface area contributed by atoms with E-state index >= 15 is 0 Å². The van der Waals surface area contributed by atoms with Crippen LogP contribution in [0.5, 0.6) is 0 Å². The molecule has 0 radical (unpaired) electrons. The molecule has 0 aliphatic carbocycles. The van der Waals surface area contributed by atoms with Crippen molar-refractivity contribution in [2.45, 2.75) is 44.3 Å². The summed E-state index contributed by atoms with van der Waals surface area (Å²) in [6.07, 6.45) is 5.63. The maximum atomic E-state index is 4.36. The Hall–Kier alpha value is -1.28. The number of nitrogens with zero attached hydrogens (tertiary/aromatic N) is 4. The first-order valence-electron chi connectivity index (χ1n) is 8.46. The second-order valence-electron chi connectivity index (χ2n) is 6.75. The lowest BCUT2D eigenvalue weighted by atomic mass is 10.0. The highest BCUT2D eigenvalue weighted by atomic mass is 32.1. The second kappa shape index (κ2) is 6.68. The van der Waals surface area contributed by atoms with Gasteiger partial charge in [-0.2, -0.15) is 11.3 Å². The van der Waals surface area contributed by atoms with Crippen LogP contribution in [0.25, 0.3) is 11.3 Å². The first-order valence-corrected chi connectivity index (χ1v) is 9.40. The molecule has 2 fully saturated rings. The van der Waals surface area contributed by atoms with Crippen LogP contribution in [0, 0.1) is 0 Å². The van der Waals surface area contributed by atoms with Gasteiger partial charge < -0.3 is 4.90 Å². The van der Waals surface area contributed by atoms with Gasteiger partial charge in [-0.15, -0.1) is 5.10 Å². The molecule has 2 saturated heterocycles. The first-order chi connectivity index (χ1) is 11.3. The maximum Gasteiger partial charge on any atom is 0.113 e. The van der Waals surface area contributed by atoms with E-state index in [4.69, 9.17) is 0 Å². The molecule has 6 nitrogen and oxygen atoms in total. The van der Waals surface area contributed by atoms with Crippen LogP contribution >= 0.6 is 11.3 Å². The molecule has 23 heavy (non-hydrogen) atoms. The molecule has 2 aromatic rings. The maximum absolute atomic E-state index is 4.36. The number of hydrogen-bond acceptors (Lipinski definition) is 6. The normalized spacial score (nSPS) is 26.8. The highest BCUT2D eigenvalue weighted by molar-refractivity contribution is 7.08. The predicted octanol–water partition coefficient (Wildman–Crippen LogP) is 1.90. The smallest absolute Gasteiger partial charge is 0.113 e. The van der Waals surface area contributed by atoms with Crippen molar-refractivity contribution in [3.63, 3.8) is 0 Å². The molecule has 2 atom stereocenters. The van der Waals surface area contributed by atoms with Crippen LogP contribution in [0.15, 0.2) is 23.0 Å². The van der Waals surface area contributed by atoms with Gasteiger partial charge in [0, 0.05) is 42.7 Å². The lowest BCUT2D eigenvalue weighted by Gasteiger charge is -2.33. The molecular weight excluding hydrogens is 308 g/mol. The Morgan fingerprint density at radius 2 is 2.17 bits per heavy atom. The summed E-state index contributed by atoms with van der Waals surface area (Å²) in [7, 11) is 0. The number of thiophene rings is 1. The summed E-state index contributed by atoms with van der Waals surface area (Å²) in [6.45, 7) is 5.66. The quantitative estimate of drug-likeness (QED) is 0.895. The summed E-state index contributed by atoms with van der Waals surface area (Å²) in [5.74, 6) is 0. The zero-order valence-electron chi connectivity index (χ0n) is 13.5. The number of likely N-dealkylation sites (tertiary alicyclic amines) is 1. The van der Waals surface area contributed by atoms with E-state index in [0.29, 0.717) is 18.1 Å². The minimum absolute atomic E-state index is 0.486. The van der Waals surface area contributed by atoms with E-state index in [2.05, 4.69) is 60.7 Å². The summed E-state index contributed by atoms with van der Waals surface area (Å²) in [4.78, 5) is 2.57. The fourth-order valence-corrected chi connectivity index (χ4v) is 4.25. The lowest BCUT2D eigenvalue weighted by molar-refractivity contribution is 0.166. The van der Waals surface area contributed by atoms with E-state index in [1.54, 1.807) is 11.3 Å². The van der Waals surface area contributed by atoms with E-state index in [-0.39, 0.29) is 0 Å². The Morgan fingerprint density at radius 3 is 2.87 bits per heavy atom. The Balaban J connectivity index is 1.31. The molecule has 2 aromatic heterocycles. The van der Waals surface area contributed by atoms with Gasteiger partial charge >= 0.3 is 0 Å². The van der Waals surface area contributed by atoms with Gasteiger partial charge in [-0.25, -0.2) is 4.68 Å². The van der Waals surface area contributed by atoms with Crippen molar-refractivity contribution in [1.29, 1.82) is 0 Å². The Morgan fingerprint density at radius 1 is 1.30 bits per heavy atom. The fourth-order valence-electron chi connectivity index (χ4n) is 3.60. The highest BCUT2D eigenvalue weighted by Crippen LogP contribution is 2.25. The van der Waals surface area contributed by atoms with Gasteiger partial charge in [0.1, 0.15) is 5.69 Å². The number of piperidine rings is 1. The third-order valence-electron chi connectivity index (χ3n) is 4.91. The molecule has 4 rings (SSSR count). The van der Waals surface area contributed by atoms with E-state index in [1.807, 2.05) is 0 Å². The molecule has 0 aromatic carbocycles. The fraction of sp³-hybridized carbons (Fsp3) is 0.625. The van der Waals surface area contributed by atoms with Crippen LogP contribution in [0.3, 0.4) is 0 Å². The molecule has 0 bridgehead atoms. The van der Waals surface area contributed by atoms with E-state index in [9.17, 15) is 0 Å². The molecule has 7 heteroatoms. The van der Waals surface area contributed by atoms with Crippen LogP contribution in [-0.2, 0) is 0 Å². The standard InChI is InChI=1S/C16H24N6S/c1-12-8-14(18-17-12)9-21-5-2-15(3-6-21)22-10-16(19-20-22)13-4-7-23-11-13/h4,7,10-12,14-15,17-18H,2-3,5-6,8-9H2,1H3. The summed E-state index contributed by atoms with van der Waals surface area (Å²) >= 11 is 1.70. The number of aromatic nitrogens is 3. The van der Waals surface area contributed by atoms with Crippen molar-refractivity contribution in [3.05, 3.63) is 23.0 Å². The molecule has 0 spiro atoms. The second-order valence-corrected chi connectivity index (χ2v) is 7.53. The third-order valence-corrected chi connectivity index (χ3v) is 5.59. The summed E-state index contributed by atoms with van der Waals surface area (Å²) in [5.41, 5.74) is 8.87. The Kier molecular flexibility index (Phi) is 4.43. The van der Waals surface area contributed by atoms with Crippen molar-refractivity contribution in [1.82, 2.24) is 30.7 Å². The molecule has 2 N–H and O–H groups in total. The van der Waals surface area contributed by atoms with Gasteiger partial charge in [-0.1, -0.05) is 5.21 Å². The molecular formula is C16H24N6S. The van der Waals surface area contributed by atoms with E-state index < -0.39 is 0 Å². The minimum atomic E-state index is 0.486. The average molecular weight is 332 g/mol. The van der Waals surface area contributed by atoms with Crippen LogP contribution in [0.1, 0.15) is 32.2 Å². The van der Waals surface area contributed by atoms with Crippen LogP contribution < -0.4 is 10.9 Å². The average Bonchev–Trinajstić information content (AvgIpc) is 3.28. The summed E-state index contributed by atoms with van der Waals surface area (Å²) < 4.78 is 2.07. The number of hydrogen-bond donors (Lipinski definition) is 2. The van der Waals surface area contributed by atoms with Gasteiger partial charge in [0.05, 0.1) is 12.2 Å². The monoisotopic (exact) mass is 332 g/mol. The lowest BCUT2D eigenvalue weighted by Crippen LogP contribution is -2.44. The van der Waals surface area contributed by atoms with Crippen molar-refractivity contribution >= 4 is 11.3 Å².